The van der Waals surface area contributed by atoms with Crippen LogP contribution in [0.25, 0.3) is 10.9 Å². The molecule has 0 aliphatic carbocycles. The topological polar surface area (TPSA) is 25.0 Å². The van der Waals surface area contributed by atoms with Crippen LogP contribution in [0.5, 0.6) is 0 Å². The summed E-state index contributed by atoms with van der Waals surface area (Å²) < 4.78 is 5.46. The predicted molar refractivity (Wildman–Crippen MR) is 51.6 cm³/mol. The Kier molecular flexibility index (Phi) is 1.43. The van der Waals surface area contributed by atoms with Gasteiger partial charge in [0.2, 0.25) is 0 Å². The van der Waals surface area contributed by atoms with Crippen LogP contribution in [0.15, 0.2) is 30.5 Å². The van der Waals surface area contributed by atoms with Crippen LogP contribution in [-0.2, 0) is 4.74 Å². The summed E-state index contributed by atoms with van der Waals surface area (Å²) in [6, 6.07) is 8.35. The third-order valence-electron chi connectivity index (χ3n) is 2.67. The van der Waals surface area contributed by atoms with E-state index in [-0.39, 0.29) is 0 Å². The summed E-state index contributed by atoms with van der Waals surface area (Å²) in [6.45, 7) is 0.907. The fraction of sp³-hybridized carbons (Fsp3) is 0.273. The van der Waals surface area contributed by atoms with Crippen molar-refractivity contribution >= 4 is 10.9 Å². The third-order valence-corrected chi connectivity index (χ3v) is 2.67. The van der Waals surface area contributed by atoms with Crippen LogP contribution < -0.4 is 0 Å². The first-order valence-corrected chi connectivity index (χ1v) is 4.63. The predicted octanol–water partition coefficient (Wildman–Crippen LogP) is 2.63. The Morgan fingerprint density at radius 3 is 2.92 bits per heavy atom. The molecular weight excluding hydrogens is 162 g/mol. The first-order valence-electron chi connectivity index (χ1n) is 4.63. The lowest BCUT2D eigenvalue weighted by Gasteiger charge is -2.25. The highest BCUT2D eigenvalue weighted by Gasteiger charge is 2.22. The second kappa shape index (κ2) is 2.60. The Morgan fingerprint density at radius 1 is 1.31 bits per heavy atom. The summed E-state index contributed by atoms with van der Waals surface area (Å²) in [5, 5.41) is 1.30. The van der Waals surface area contributed by atoms with Gasteiger partial charge in [-0.05, 0) is 6.07 Å². The van der Waals surface area contributed by atoms with Gasteiger partial charge in [-0.2, -0.15) is 0 Å². The van der Waals surface area contributed by atoms with Crippen LogP contribution in [0.3, 0.4) is 0 Å². The lowest BCUT2D eigenvalue weighted by molar-refractivity contribution is -0.0518. The van der Waals surface area contributed by atoms with Gasteiger partial charge >= 0.3 is 0 Å². The molecule has 1 saturated heterocycles. The molecule has 1 unspecified atom stereocenters. The summed E-state index contributed by atoms with van der Waals surface area (Å²) in [5.74, 6) is 0. The number of rotatable bonds is 1. The van der Waals surface area contributed by atoms with Gasteiger partial charge in [-0.3, -0.25) is 0 Å². The van der Waals surface area contributed by atoms with Crippen LogP contribution in [0.1, 0.15) is 18.1 Å². The molecule has 0 spiro atoms. The van der Waals surface area contributed by atoms with E-state index in [1.54, 1.807) is 0 Å². The molecular formula is C11H11NO. The average molecular weight is 173 g/mol. The Hall–Kier alpha value is -1.28. The standard InChI is InChI=1S/C11H11NO/c1-2-4-10-8(3-1)9(7-12-10)11-5-6-13-11/h1-4,7,11-12H,5-6H2. The Labute approximate surface area is 76.5 Å². The summed E-state index contributed by atoms with van der Waals surface area (Å²) >= 11 is 0. The average Bonchev–Trinajstić information content (AvgIpc) is 2.47. The molecule has 0 amide bonds. The van der Waals surface area contributed by atoms with Gasteiger partial charge in [0.15, 0.2) is 0 Å². The van der Waals surface area contributed by atoms with Crippen molar-refractivity contribution in [1.29, 1.82) is 0 Å². The third kappa shape index (κ3) is 0.988. The first kappa shape index (κ1) is 7.15. The maximum absolute atomic E-state index is 5.46. The maximum atomic E-state index is 5.46. The van der Waals surface area contributed by atoms with E-state index in [1.807, 2.05) is 6.07 Å². The van der Waals surface area contributed by atoms with E-state index in [0.29, 0.717) is 6.10 Å². The molecule has 1 aromatic heterocycles. The van der Waals surface area contributed by atoms with Gasteiger partial charge < -0.3 is 9.72 Å². The number of benzene rings is 1. The highest BCUT2D eigenvalue weighted by atomic mass is 16.5. The van der Waals surface area contributed by atoms with E-state index in [4.69, 9.17) is 4.74 Å². The van der Waals surface area contributed by atoms with E-state index in [9.17, 15) is 0 Å². The van der Waals surface area contributed by atoms with Crippen molar-refractivity contribution in [1.82, 2.24) is 4.98 Å². The Balaban J connectivity index is 2.17. The van der Waals surface area contributed by atoms with E-state index >= 15 is 0 Å². The van der Waals surface area contributed by atoms with Gasteiger partial charge in [-0.25, -0.2) is 0 Å². The zero-order valence-electron chi connectivity index (χ0n) is 7.29. The fourth-order valence-electron chi connectivity index (χ4n) is 1.84. The van der Waals surface area contributed by atoms with Crippen molar-refractivity contribution in [2.45, 2.75) is 12.5 Å². The first-order chi connectivity index (χ1) is 6.45. The molecule has 0 bridgehead atoms. The summed E-state index contributed by atoms with van der Waals surface area (Å²) in [6.07, 6.45) is 3.55. The smallest absolute Gasteiger partial charge is 0.0867 e. The minimum absolute atomic E-state index is 0.330. The molecule has 3 rings (SSSR count). The summed E-state index contributed by atoms with van der Waals surface area (Å²) in [5.41, 5.74) is 2.51. The quantitative estimate of drug-likeness (QED) is 0.704. The minimum atomic E-state index is 0.330. The van der Waals surface area contributed by atoms with E-state index < -0.39 is 0 Å². The molecule has 2 heterocycles. The van der Waals surface area contributed by atoms with Gasteiger partial charge in [0.25, 0.3) is 0 Å². The fourth-order valence-corrected chi connectivity index (χ4v) is 1.84. The van der Waals surface area contributed by atoms with E-state index in [0.717, 1.165) is 13.0 Å². The molecule has 1 atom stereocenters. The molecule has 2 nitrogen and oxygen atoms in total. The second-order valence-electron chi connectivity index (χ2n) is 3.44. The van der Waals surface area contributed by atoms with E-state index in [2.05, 4.69) is 29.4 Å². The zero-order valence-corrected chi connectivity index (χ0v) is 7.29. The molecule has 1 aliphatic heterocycles. The van der Waals surface area contributed by atoms with Crippen molar-refractivity contribution in [2.24, 2.45) is 0 Å². The number of hydrogen-bond acceptors (Lipinski definition) is 1. The van der Waals surface area contributed by atoms with Gasteiger partial charge in [0.05, 0.1) is 12.7 Å². The van der Waals surface area contributed by atoms with Crippen LogP contribution in [0.2, 0.25) is 0 Å². The lowest BCUT2D eigenvalue weighted by atomic mass is 10.0. The highest BCUT2D eigenvalue weighted by molar-refractivity contribution is 5.83. The Morgan fingerprint density at radius 2 is 2.15 bits per heavy atom. The van der Waals surface area contributed by atoms with Gasteiger partial charge in [-0.1, -0.05) is 18.2 Å². The maximum Gasteiger partial charge on any atom is 0.0867 e. The molecule has 2 aromatic rings. The van der Waals surface area contributed by atoms with Gasteiger partial charge in [0, 0.05) is 29.1 Å². The van der Waals surface area contributed by atoms with Crippen LogP contribution >= 0.6 is 0 Å². The molecule has 2 heteroatoms. The number of H-pyrrole nitrogens is 1. The number of aromatic nitrogens is 1. The van der Waals surface area contributed by atoms with Crippen molar-refractivity contribution < 1.29 is 4.74 Å². The summed E-state index contributed by atoms with van der Waals surface area (Å²) in [7, 11) is 0. The normalized spacial score (nSPS) is 21.7. The molecule has 66 valence electrons. The van der Waals surface area contributed by atoms with Crippen molar-refractivity contribution in [3.8, 4) is 0 Å². The minimum Gasteiger partial charge on any atom is -0.373 e. The van der Waals surface area contributed by atoms with Crippen molar-refractivity contribution in [2.75, 3.05) is 6.61 Å². The van der Waals surface area contributed by atoms with Crippen molar-refractivity contribution in [3.63, 3.8) is 0 Å². The monoisotopic (exact) mass is 173 g/mol. The molecule has 0 radical (unpaired) electrons. The molecule has 1 aromatic carbocycles. The molecule has 1 aliphatic rings. The lowest BCUT2D eigenvalue weighted by Crippen LogP contribution is -2.17. The number of aromatic amines is 1. The number of nitrogens with one attached hydrogen (secondary N) is 1. The van der Waals surface area contributed by atoms with E-state index in [1.165, 1.54) is 16.5 Å². The summed E-state index contributed by atoms with van der Waals surface area (Å²) in [4.78, 5) is 3.26. The van der Waals surface area contributed by atoms with Gasteiger partial charge in [-0.15, -0.1) is 0 Å². The number of fused-ring (bicyclic) bond motifs is 1. The highest BCUT2D eigenvalue weighted by Crippen LogP contribution is 2.33. The zero-order chi connectivity index (χ0) is 8.67. The number of para-hydroxylation sites is 1. The number of hydrogen-bond donors (Lipinski definition) is 1. The van der Waals surface area contributed by atoms with Crippen LogP contribution in [-0.4, -0.2) is 11.6 Å². The number of ether oxygens (including phenoxy) is 1. The molecule has 0 saturated carbocycles. The van der Waals surface area contributed by atoms with Crippen LogP contribution in [0.4, 0.5) is 0 Å². The van der Waals surface area contributed by atoms with Crippen molar-refractivity contribution in [3.05, 3.63) is 36.0 Å². The molecule has 1 fully saturated rings. The second-order valence-corrected chi connectivity index (χ2v) is 3.44. The molecule has 1 N–H and O–H groups in total. The Bertz CT molecular complexity index is 428. The SMILES string of the molecule is c1ccc2c(C3CCO3)c[nH]c2c1. The molecule has 13 heavy (non-hydrogen) atoms. The largest absolute Gasteiger partial charge is 0.373 e. The van der Waals surface area contributed by atoms with Crippen LogP contribution in [0, 0.1) is 0 Å². The van der Waals surface area contributed by atoms with Gasteiger partial charge in [0.1, 0.15) is 0 Å².